The zero-order valence-electron chi connectivity index (χ0n) is 16.8. The van der Waals surface area contributed by atoms with E-state index < -0.39 is 17.1 Å². The predicted octanol–water partition coefficient (Wildman–Crippen LogP) is 1.90. The summed E-state index contributed by atoms with van der Waals surface area (Å²) in [6.07, 6.45) is 2.19. The van der Waals surface area contributed by atoms with Gasteiger partial charge in [0.1, 0.15) is 6.54 Å². The number of amides is 3. The second kappa shape index (κ2) is 10.7. The normalized spacial score (nSPS) is 15.0. The molecule has 1 fully saturated rings. The second-order valence-electron chi connectivity index (χ2n) is 5.92. The highest BCUT2D eigenvalue weighted by molar-refractivity contribution is 8.18. The number of rotatable bonds is 10. The fourth-order valence-electron chi connectivity index (χ4n) is 2.62. The fourth-order valence-corrected chi connectivity index (χ4v) is 3.45. The van der Waals surface area contributed by atoms with Gasteiger partial charge in [-0.25, -0.2) is 0 Å². The van der Waals surface area contributed by atoms with Crippen molar-refractivity contribution in [1.29, 1.82) is 0 Å². The summed E-state index contributed by atoms with van der Waals surface area (Å²) in [5, 5.41) is 2.15. The Bertz CT molecular complexity index is 785. The molecule has 1 aromatic carbocycles. The number of nitrogens with one attached hydrogen (secondary N) is 1. The van der Waals surface area contributed by atoms with Crippen LogP contribution in [0.25, 0.3) is 6.08 Å². The summed E-state index contributed by atoms with van der Waals surface area (Å²) >= 11 is 0.773. The molecule has 0 atom stereocenters. The van der Waals surface area contributed by atoms with Crippen molar-refractivity contribution in [2.75, 3.05) is 48.1 Å². The van der Waals surface area contributed by atoms with Gasteiger partial charge < -0.3 is 24.3 Å². The van der Waals surface area contributed by atoms with Crippen molar-refractivity contribution < 1.29 is 33.3 Å². The minimum atomic E-state index is -0.527. The highest BCUT2D eigenvalue weighted by Crippen LogP contribution is 2.40. The van der Waals surface area contributed by atoms with E-state index in [-0.39, 0.29) is 11.4 Å². The quantitative estimate of drug-likeness (QED) is 0.449. The number of nitrogens with zero attached hydrogens (tertiary/aromatic N) is 1. The number of hydrogen-bond donors (Lipinski definition) is 1. The van der Waals surface area contributed by atoms with E-state index in [1.807, 2.05) is 0 Å². The summed E-state index contributed by atoms with van der Waals surface area (Å²) in [6.45, 7) is 0.591. The molecule has 10 heteroatoms. The third kappa shape index (κ3) is 5.64. The molecule has 1 aliphatic rings. The average Bonchev–Trinajstić information content (AvgIpc) is 2.97. The Labute approximate surface area is 173 Å². The molecule has 0 aromatic heterocycles. The van der Waals surface area contributed by atoms with Gasteiger partial charge in [0.2, 0.25) is 11.7 Å². The Hall–Kier alpha value is -2.72. The number of methoxy groups -OCH3 is 4. The molecule has 29 heavy (non-hydrogen) atoms. The Balaban J connectivity index is 2.14. The molecule has 1 aromatic rings. The van der Waals surface area contributed by atoms with Crippen LogP contribution in [-0.4, -0.2) is 70.1 Å². The summed E-state index contributed by atoms with van der Waals surface area (Å²) in [6, 6.07) is 3.33. The number of imide groups is 1. The van der Waals surface area contributed by atoms with Gasteiger partial charge in [0.25, 0.3) is 11.1 Å². The molecule has 158 valence electrons. The minimum Gasteiger partial charge on any atom is -0.493 e. The van der Waals surface area contributed by atoms with Gasteiger partial charge in [-0.2, -0.15) is 0 Å². The topological polar surface area (TPSA) is 103 Å². The number of benzene rings is 1. The molecular weight excluding hydrogens is 400 g/mol. The van der Waals surface area contributed by atoms with Crippen LogP contribution in [0.3, 0.4) is 0 Å². The molecule has 9 nitrogen and oxygen atoms in total. The molecular formula is C19H24N2O7S. The summed E-state index contributed by atoms with van der Waals surface area (Å²) in [7, 11) is 6.04. The molecule has 1 heterocycles. The number of thioether (sulfide) groups is 1. The first kappa shape index (κ1) is 22.6. The van der Waals surface area contributed by atoms with Gasteiger partial charge in [0.15, 0.2) is 11.5 Å². The SMILES string of the molecule is COCCCNC(=O)CN1C(=O)S/C(=C\c2cc(OC)c(OC)c(OC)c2)C1=O. The Morgan fingerprint density at radius 2 is 1.76 bits per heavy atom. The van der Waals surface area contributed by atoms with E-state index in [0.717, 1.165) is 16.7 Å². The van der Waals surface area contributed by atoms with Gasteiger partial charge in [-0.15, -0.1) is 0 Å². The summed E-state index contributed by atoms with van der Waals surface area (Å²) in [4.78, 5) is 37.9. The van der Waals surface area contributed by atoms with Gasteiger partial charge in [0.05, 0.1) is 26.2 Å². The summed E-state index contributed by atoms with van der Waals surface area (Å²) in [5.74, 6) is 0.337. The van der Waals surface area contributed by atoms with Crippen molar-refractivity contribution in [1.82, 2.24) is 10.2 Å². The third-order valence-corrected chi connectivity index (χ3v) is 4.91. The maximum atomic E-state index is 12.6. The monoisotopic (exact) mass is 424 g/mol. The van der Waals surface area contributed by atoms with Crippen molar-refractivity contribution in [3.8, 4) is 17.2 Å². The van der Waals surface area contributed by atoms with Crippen molar-refractivity contribution in [3.05, 3.63) is 22.6 Å². The van der Waals surface area contributed by atoms with E-state index in [4.69, 9.17) is 18.9 Å². The fraction of sp³-hybridized carbons (Fsp3) is 0.421. The predicted molar refractivity (Wildman–Crippen MR) is 108 cm³/mol. The summed E-state index contributed by atoms with van der Waals surface area (Å²) < 4.78 is 20.8. The van der Waals surface area contributed by atoms with Gasteiger partial charge >= 0.3 is 0 Å². The molecule has 1 saturated heterocycles. The van der Waals surface area contributed by atoms with Gasteiger partial charge in [-0.1, -0.05) is 0 Å². The Kier molecular flexibility index (Phi) is 8.34. The van der Waals surface area contributed by atoms with Crippen LogP contribution in [0.5, 0.6) is 17.2 Å². The van der Waals surface area contributed by atoms with Crippen LogP contribution in [0.15, 0.2) is 17.0 Å². The Morgan fingerprint density at radius 3 is 2.31 bits per heavy atom. The zero-order valence-corrected chi connectivity index (χ0v) is 17.6. The van der Waals surface area contributed by atoms with Crippen LogP contribution in [0.1, 0.15) is 12.0 Å². The van der Waals surface area contributed by atoms with Crippen LogP contribution < -0.4 is 19.5 Å². The molecule has 3 amide bonds. The van der Waals surface area contributed by atoms with E-state index in [1.54, 1.807) is 25.3 Å². The highest BCUT2D eigenvalue weighted by Gasteiger charge is 2.36. The average molecular weight is 424 g/mol. The molecule has 0 spiro atoms. The van der Waals surface area contributed by atoms with Crippen LogP contribution in [0, 0.1) is 0 Å². The van der Waals surface area contributed by atoms with E-state index in [1.165, 1.54) is 21.3 Å². The van der Waals surface area contributed by atoms with Gasteiger partial charge in [-0.3, -0.25) is 19.3 Å². The largest absolute Gasteiger partial charge is 0.493 e. The van der Waals surface area contributed by atoms with Crippen molar-refractivity contribution >= 4 is 34.9 Å². The lowest BCUT2D eigenvalue weighted by atomic mass is 10.1. The molecule has 0 saturated carbocycles. The lowest BCUT2D eigenvalue weighted by Crippen LogP contribution is -2.39. The number of carbonyl (C=O) groups excluding carboxylic acids is 3. The first-order chi connectivity index (χ1) is 13.9. The Morgan fingerprint density at radius 1 is 1.10 bits per heavy atom. The molecule has 0 radical (unpaired) electrons. The molecule has 0 aliphatic carbocycles. The number of carbonyl (C=O) groups is 3. The maximum absolute atomic E-state index is 12.6. The van der Waals surface area contributed by atoms with E-state index >= 15 is 0 Å². The maximum Gasteiger partial charge on any atom is 0.294 e. The lowest BCUT2D eigenvalue weighted by Gasteiger charge is -2.13. The molecule has 1 aliphatic heterocycles. The lowest BCUT2D eigenvalue weighted by molar-refractivity contribution is -0.129. The molecule has 1 N–H and O–H groups in total. The highest BCUT2D eigenvalue weighted by atomic mass is 32.2. The van der Waals surface area contributed by atoms with Crippen LogP contribution in [-0.2, 0) is 14.3 Å². The smallest absolute Gasteiger partial charge is 0.294 e. The first-order valence-electron chi connectivity index (χ1n) is 8.76. The first-order valence-corrected chi connectivity index (χ1v) is 9.57. The second-order valence-corrected chi connectivity index (χ2v) is 6.92. The van der Waals surface area contributed by atoms with Gasteiger partial charge in [-0.05, 0) is 42.0 Å². The molecule has 0 bridgehead atoms. The zero-order chi connectivity index (χ0) is 21.4. The standard InChI is InChI=1S/C19H24N2O7S/c1-25-7-5-6-20-16(22)11-21-18(23)15(29-19(21)24)10-12-8-13(26-2)17(28-4)14(9-12)27-3/h8-10H,5-7,11H2,1-4H3,(H,20,22)/b15-10-. The van der Waals surface area contributed by atoms with Crippen molar-refractivity contribution in [3.63, 3.8) is 0 Å². The van der Waals surface area contributed by atoms with Crippen molar-refractivity contribution in [2.24, 2.45) is 0 Å². The van der Waals surface area contributed by atoms with E-state index in [2.05, 4.69) is 5.32 Å². The minimum absolute atomic E-state index is 0.205. The van der Waals surface area contributed by atoms with E-state index in [9.17, 15) is 14.4 Å². The molecule has 0 unspecified atom stereocenters. The number of ether oxygens (including phenoxy) is 4. The van der Waals surface area contributed by atoms with Crippen LogP contribution in [0.4, 0.5) is 4.79 Å². The van der Waals surface area contributed by atoms with Crippen molar-refractivity contribution in [2.45, 2.75) is 6.42 Å². The van der Waals surface area contributed by atoms with Crippen LogP contribution >= 0.6 is 11.8 Å². The summed E-state index contributed by atoms with van der Waals surface area (Å²) in [5.41, 5.74) is 0.592. The molecule has 2 rings (SSSR count). The van der Waals surface area contributed by atoms with Gasteiger partial charge in [0, 0.05) is 20.3 Å². The van der Waals surface area contributed by atoms with Crippen LogP contribution in [0.2, 0.25) is 0 Å². The van der Waals surface area contributed by atoms with E-state index in [0.29, 0.717) is 42.4 Å². The third-order valence-electron chi connectivity index (χ3n) is 4.01. The number of hydrogen-bond acceptors (Lipinski definition) is 8.